The fourth-order valence-corrected chi connectivity index (χ4v) is 4.65. The maximum absolute atomic E-state index is 13.7. The Labute approximate surface area is 186 Å². The lowest BCUT2D eigenvalue weighted by Crippen LogP contribution is -2.45. The summed E-state index contributed by atoms with van der Waals surface area (Å²) in [5.74, 6) is -0.387. The number of ether oxygens (including phenoxy) is 3. The predicted octanol–water partition coefficient (Wildman–Crippen LogP) is 4.71. The summed E-state index contributed by atoms with van der Waals surface area (Å²) < 4.78 is 47.4. The highest BCUT2D eigenvalue weighted by Crippen LogP contribution is 2.52. The average Bonchev–Trinajstić information content (AvgIpc) is 3.06. The number of phosphoric acid groups is 1. The Morgan fingerprint density at radius 3 is 2.06 bits per heavy atom. The second kappa shape index (κ2) is 8.86. The molecule has 32 heavy (non-hydrogen) atoms. The summed E-state index contributed by atoms with van der Waals surface area (Å²) in [5.41, 5.74) is 0. The van der Waals surface area contributed by atoms with Crippen molar-refractivity contribution in [2.75, 3.05) is 13.7 Å². The van der Waals surface area contributed by atoms with Gasteiger partial charge in [0, 0.05) is 6.08 Å². The monoisotopic (exact) mass is 461 g/mol. The first-order valence-electron chi connectivity index (χ1n) is 9.99. The number of phosphoric ester groups is 1. The van der Waals surface area contributed by atoms with Crippen molar-refractivity contribution in [2.24, 2.45) is 0 Å². The van der Waals surface area contributed by atoms with Gasteiger partial charge in [-0.1, -0.05) is 36.4 Å². The number of para-hydroxylation sites is 2. The van der Waals surface area contributed by atoms with E-state index in [0.717, 1.165) is 0 Å². The number of carbonyl (C=O) groups is 1. The normalized spacial score (nSPS) is 21.8. The van der Waals surface area contributed by atoms with Gasteiger partial charge in [-0.15, -0.1) is 0 Å². The van der Waals surface area contributed by atoms with Crippen LogP contribution >= 0.6 is 7.82 Å². The second-order valence-corrected chi connectivity index (χ2v) is 9.01. The molecule has 0 saturated carbocycles. The first-order valence-corrected chi connectivity index (χ1v) is 11.4. The molecule has 170 valence electrons. The number of methoxy groups -OCH3 is 1. The van der Waals surface area contributed by atoms with Gasteiger partial charge >= 0.3 is 13.9 Å². The van der Waals surface area contributed by atoms with Gasteiger partial charge in [-0.2, -0.15) is 4.57 Å². The van der Waals surface area contributed by atoms with Crippen molar-refractivity contribution in [1.29, 1.82) is 0 Å². The van der Waals surface area contributed by atoms with E-state index in [9.17, 15) is 9.36 Å². The number of amides is 1. The van der Waals surface area contributed by atoms with Crippen LogP contribution in [0, 0.1) is 0 Å². The molecule has 0 aromatic heterocycles. The molecule has 9 nitrogen and oxygen atoms in total. The maximum Gasteiger partial charge on any atom is 0.648 e. The number of hydrogen-bond donors (Lipinski definition) is 0. The van der Waals surface area contributed by atoms with E-state index >= 15 is 0 Å². The average molecular weight is 461 g/mol. The van der Waals surface area contributed by atoms with Crippen LogP contribution in [0.25, 0.3) is 0 Å². The highest BCUT2D eigenvalue weighted by Gasteiger charge is 2.48. The van der Waals surface area contributed by atoms with Crippen molar-refractivity contribution in [3.05, 3.63) is 72.6 Å². The van der Waals surface area contributed by atoms with Crippen LogP contribution in [-0.4, -0.2) is 42.6 Å². The lowest BCUT2D eigenvalue weighted by Gasteiger charge is -2.32. The summed E-state index contributed by atoms with van der Waals surface area (Å²) >= 11 is 0. The smallest absolute Gasteiger partial charge is 0.452 e. The standard InChI is InChI=1S/C22H24NO8P/c1-22(2)27-18-14-20(23(21(24)26-3)15-19(18)28-22)31-32(25,29-16-10-6-4-7-11-16)30-17-12-8-5-9-13-17/h4-14,18-19H,15H2,1-3H3/t18-,19+/m0/s1. The third kappa shape index (κ3) is 5.07. The molecule has 0 aliphatic carbocycles. The van der Waals surface area contributed by atoms with Gasteiger partial charge in [-0.3, -0.25) is 0 Å². The zero-order valence-corrected chi connectivity index (χ0v) is 18.8. The lowest BCUT2D eigenvalue weighted by molar-refractivity contribution is -0.143. The van der Waals surface area contributed by atoms with Crippen LogP contribution in [0.15, 0.2) is 72.6 Å². The molecule has 1 saturated heterocycles. The lowest BCUT2D eigenvalue weighted by atomic mass is 10.1. The zero-order chi connectivity index (χ0) is 22.8. The van der Waals surface area contributed by atoms with Gasteiger partial charge in [0.25, 0.3) is 0 Å². The van der Waals surface area contributed by atoms with Crippen molar-refractivity contribution in [3.63, 3.8) is 0 Å². The molecule has 1 fully saturated rings. The number of carbonyl (C=O) groups excluding carboxylic acids is 1. The summed E-state index contributed by atoms with van der Waals surface area (Å²) in [5, 5.41) is 0. The van der Waals surface area contributed by atoms with Crippen LogP contribution in [0.2, 0.25) is 0 Å². The maximum atomic E-state index is 13.7. The number of rotatable bonds is 6. The highest BCUT2D eigenvalue weighted by atomic mass is 31.2. The van der Waals surface area contributed by atoms with Gasteiger partial charge in [-0.05, 0) is 38.1 Å². The molecule has 0 unspecified atom stereocenters. The Balaban J connectivity index is 1.66. The number of benzene rings is 2. The van der Waals surface area contributed by atoms with Crippen molar-refractivity contribution in [2.45, 2.75) is 31.8 Å². The molecule has 1 amide bonds. The molecule has 0 bridgehead atoms. The van der Waals surface area contributed by atoms with Gasteiger partial charge < -0.3 is 27.8 Å². The van der Waals surface area contributed by atoms with E-state index in [0.29, 0.717) is 0 Å². The van der Waals surface area contributed by atoms with Crippen LogP contribution in [0.5, 0.6) is 11.5 Å². The predicted molar refractivity (Wildman–Crippen MR) is 114 cm³/mol. The summed E-state index contributed by atoms with van der Waals surface area (Å²) in [6, 6.07) is 16.9. The summed E-state index contributed by atoms with van der Waals surface area (Å²) in [6.45, 7) is 3.61. The van der Waals surface area contributed by atoms with Crippen LogP contribution < -0.4 is 9.05 Å². The summed E-state index contributed by atoms with van der Waals surface area (Å²) in [4.78, 5) is 13.6. The molecule has 2 aliphatic heterocycles. The molecule has 4 rings (SSSR count). The third-order valence-electron chi connectivity index (χ3n) is 4.68. The van der Waals surface area contributed by atoms with E-state index in [1.54, 1.807) is 74.5 Å². The molecular weight excluding hydrogens is 437 g/mol. The topological polar surface area (TPSA) is 92.8 Å². The fourth-order valence-electron chi connectivity index (χ4n) is 3.39. The molecular formula is C22H24NO8P. The quantitative estimate of drug-likeness (QED) is 0.571. The van der Waals surface area contributed by atoms with Gasteiger partial charge in [0.05, 0.1) is 13.7 Å². The van der Waals surface area contributed by atoms with Gasteiger partial charge in [0.1, 0.15) is 23.7 Å². The van der Waals surface area contributed by atoms with Crippen LogP contribution in [0.3, 0.4) is 0 Å². The molecule has 2 aromatic carbocycles. The van der Waals surface area contributed by atoms with Gasteiger partial charge in [0.2, 0.25) is 5.88 Å². The second-order valence-electron chi connectivity index (χ2n) is 7.57. The number of hydrogen-bond acceptors (Lipinski definition) is 8. The van der Waals surface area contributed by atoms with Crippen molar-refractivity contribution in [3.8, 4) is 11.5 Å². The Kier molecular flexibility index (Phi) is 6.15. The van der Waals surface area contributed by atoms with E-state index in [4.69, 9.17) is 27.8 Å². The summed E-state index contributed by atoms with van der Waals surface area (Å²) in [7, 11) is -3.06. The Morgan fingerprint density at radius 2 is 1.53 bits per heavy atom. The largest absolute Gasteiger partial charge is 0.648 e. The molecule has 0 spiro atoms. The molecule has 10 heteroatoms. The first-order chi connectivity index (χ1) is 15.3. The SMILES string of the molecule is COC(=O)N1C[C@H]2OC(C)(C)O[C@H]2C=C1OP(=O)(Oc1ccccc1)Oc1ccccc1. The summed E-state index contributed by atoms with van der Waals surface area (Å²) in [6.07, 6.45) is -0.174. The van der Waals surface area contributed by atoms with Crippen LogP contribution in [0.1, 0.15) is 13.8 Å². The van der Waals surface area contributed by atoms with Crippen molar-refractivity contribution >= 4 is 13.9 Å². The highest BCUT2D eigenvalue weighted by molar-refractivity contribution is 7.49. The molecule has 2 atom stereocenters. The van der Waals surface area contributed by atoms with Gasteiger partial charge in [0.15, 0.2) is 5.79 Å². The minimum absolute atomic E-state index is 0.0727. The van der Waals surface area contributed by atoms with Crippen LogP contribution in [0.4, 0.5) is 4.79 Å². The van der Waals surface area contributed by atoms with Crippen molar-refractivity contribution < 1.29 is 37.1 Å². The molecule has 2 aliphatic rings. The van der Waals surface area contributed by atoms with E-state index in [1.165, 1.54) is 18.1 Å². The van der Waals surface area contributed by atoms with E-state index in [-0.39, 0.29) is 23.9 Å². The Morgan fingerprint density at radius 1 is 0.969 bits per heavy atom. The minimum Gasteiger partial charge on any atom is -0.452 e. The molecule has 2 heterocycles. The molecule has 0 N–H and O–H groups in total. The minimum atomic E-state index is -4.30. The van der Waals surface area contributed by atoms with E-state index < -0.39 is 31.9 Å². The van der Waals surface area contributed by atoms with E-state index in [2.05, 4.69) is 0 Å². The number of fused-ring (bicyclic) bond motifs is 1. The Bertz CT molecular complexity index is 981. The van der Waals surface area contributed by atoms with Crippen LogP contribution in [-0.2, 0) is 23.3 Å². The van der Waals surface area contributed by atoms with Gasteiger partial charge in [-0.25, -0.2) is 9.69 Å². The Hall–Kier alpha value is -3.00. The zero-order valence-electron chi connectivity index (χ0n) is 17.9. The van der Waals surface area contributed by atoms with E-state index in [1.807, 2.05) is 0 Å². The molecule has 2 aromatic rings. The van der Waals surface area contributed by atoms with Crippen molar-refractivity contribution in [1.82, 2.24) is 4.90 Å². The first kappa shape index (κ1) is 22.2. The fraction of sp³-hybridized carbons (Fsp3) is 0.318. The molecule has 0 radical (unpaired) electrons. The third-order valence-corrected chi connectivity index (χ3v) is 5.96. The number of nitrogens with zero attached hydrogens (tertiary/aromatic N) is 1.